The number of carbonyl (C=O) groups excluding carboxylic acids is 2. The van der Waals surface area contributed by atoms with E-state index in [1.54, 1.807) is 13.0 Å². The van der Waals surface area contributed by atoms with Crippen LogP contribution in [0, 0.1) is 11.6 Å². The summed E-state index contributed by atoms with van der Waals surface area (Å²) in [4.78, 5) is 26.7. The van der Waals surface area contributed by atoms with Crippen molar-refractivity contribution in [3.05, 3.63) is 70.8 Å². The summed E-state index contributed by atoms with van der Waals surface area (Å²) in [5, 5.41) is 19.1. The maximum Gasteiger partial charge on any atom is 0.474 e. The number of rotatable bonds is 15. The number of halogens is 3. The van der Waals surface area contributed by atoms with E-state index in [1.165, 1.54) is 49.5 Å². The van der Waals surface area contributed by atoms with Gasteiger partial charge in [-0.05, 0) is 37.1 Å². The molecule has 13 nitrogen and oxygen atoms in total. The van der Waals surface area contributed by atoms with Gasteiger partial charge in [0.25, 0.3) is 0 Å². The first kappa shape index (κ1) is 34.9. The number of hydrogen-bond acceptors (Lipinski definition) is 10. The summed E-state index contributed by atoms with van der Waals surface area (Å²) in [5.74, 6) is -0.969. The maximum atomic E-state index is 13.8. The molecule has 3 rings (SSSR count). The van der Waals surface area contributed by atoms with E-state index >= 15 is 0 Å². The molecule has 17 heteroatoms. The fourth-order valence-corrected chi connectivity index (χ4v) is 4.92. The predicted molar refractivity (Wildman–Crippen MR) is 155 cm³/mol. The summed E-state index contributed by atoms with van der Waals surface area (Å²) >= 11 is 5.96. The molecule has 0 saturated carbocycles. The second kappa shape index (κ2) is 16.5. The number of ether oxygens (including phenoxy) is 1. The smallest absolute Gasteiger partial charge is 0.447 e. The third-order valence-corrected chi connectivity index (χ3v) is 7.98. The number of aromatic nitrogens is 1. The topological polar surface area (TPSA) is 162 Å². The molecular weight excluding hydrogens is 629 g/mol. The Hall–Kier alpha value is -3.59. The number of hydrogen-bond donors (Lipinski definition) is 3. The number of urea groups is 1. The Morgan fingerprint density at radius 3 is 2.61 bits per heavy atom. The molecule has 2 aromatic carbocycles. The monoisotopic (exact) mass is 660 g/mol. The number of nitrogens with zero attached hydrogens (tertiary/aromatic N) is 2. The molecule has 0 aliphatic rings. The highest BCUT2D eigenvalue weighted by molar-refractivity contribution is 7.48. The fourth-order valence-electron chi connectivity index (χ4n) is 3.77. The van der Waals surface area contributed by atoms with Crippen LogP contribution >= 0.6 is 19.4 Å². The van der Waals surface area contributed by atoms with Crippen LogP contribution in [0.1, 0.15) is 18.9 Å². The molecule has 1 heterocycles. The number of anilines is 1. The van der Waals surface area contributed by atoms with Crippen LogP contribution in [0.5, 0.6) is 0 Å². The Morgan fingerprint density at radius 1 is 1.16 bits per heavy atom. The van der Waals surface area contributed by atoms with Gasteiger partial charge in [0, 0.05) is 32.3 Å². The lowest BCUT2D eigenvalue weighted by molar-refractivity contribution is 0.0380. The number of likely N-dealkylation sites (N-methyl/N-ethyl adjacent to an activating group) is 1. The van der Waals surface area contributed by atoms with Crippen LogP contribution in [0.15, 0.2) is 53.1 Å². The van der Waals surface area contributed by atoms with E-state index in [9.17, 15) is 28.0 Å². The van der Waals surface area contributed by atoms with Crippen LogP contribution in [-0.4, -0.2) is 73.4 Å². The van der Waals surface area contributed by atoms with E-state index in [0.717, 1.165) is 12.0 Å². The molecule has 3 N–H and O–H groups in total. The molecule has 0 radical (unpaired) electrons. The third kappa shape index (κ3) is 10.3. The maximum absolute atomic E-state index is 13.8. The lowest BCUT2D eigenvalue weighted by atomic mass is 10.1. The molecule has 0 spiro atoms. The number of benzene rings is 2. The van der Waals surface area contributed by atoms with Crippen molar-refractivity contribution in [3.8, 4) is 11.3 Å². The summed E-state index contributed by atoms with van der Waals surface area (Å²) in [7, 11) is -1.41. The summed E-state index contributed by atoms with van der Waals surface area (Å²) in [5.41, 5.74) is 0.718. The SMILES string of the molecule is CCOP(=O)(OC)OC[C@H](O)C[C@@H](COC(=O)Nc1cc(-c2cccc(F)c2)on1)N(C)C(=O)NCc1cccc(F)c1Cl. The second-order valence-corrected chi connectivity index (χ2v) is 11.3. The van der Waals surface area contributed by atoms with Gasteiger partial charge in [0.1, 0.15) is 18.2 Å². The normalized spacial score (nSPS) is 13.9. The predicted octanol–water partition coefficient (Wildman–Crippen LogP) is 5.59. The second-order valence-electron chi connectivity index (χ2n) is 9.18. The van der Waals surface area contributed by atoms with Gasteiger partial charge in [0.2, 0.25) is 0 Å². The molecule has 0 bridgehead atoms. The standard InChI is InChI=1S/C27H32ClF2N4O9P/c1-4-41-44(38,39-3)42-16-21(35)12-20(34(2)26(36)31-14-18-8-6-10-22(30)25(18)28)15-40-27(37)32-24-13-23(43-33-24)17-7-5-9-19(29)11-17/h5-11,13,20-21,35H,4,12,14-16H2,1-3H3,(H,31,36)(H,32,33,37)/t20-,21+,44?/m0/s1. The summed E-state index contributed by atoms with van der Waals surface area (Å²) in [6.07, 6.45) is -2.49. The van der Waals surface area contributed by atoms with Crippen LogP contribution in [-0.2, 0) is 29.4 Å². The Bertz CT molecular complexity index is 1460. The quantitative estimate of drug-likeness (QED) is 0.175. The number of carbonyl (C=O) groups is 2. The van der Waals surface area contributed by atoms with Gasteiger partial charge in [0.15, 0.2) is 11.6 Å². The first-order chi connectivity index (χ1) is 20.9. The Morgan fingerprint density at radius 2 is 1.91 bits per heavy atom. The molecule has 0 aliphatic heterocycles. The molecule has 240 valence electrons. The summed E-state index contributed by atoms with van der Waals surface area (Å²) < 4.78 is 65.0. The van der Waals surface area contributed by atoms with Gasteiger partial charge in [0.05, 0.1) is 30.4 Å². The summed E-state index contributed by atoms with van der Waals surface area (Å²) in [6.45, 7) is 0.570. The van der Waals surface area contributed by atoms with E-state index in [1.807, 2.05) is 0 Å². The van der Waals surface area contributed by atoms with Crippen LogP contribution in [0.25, 0.3) is 11.3 Å². The third-order valence-electron chi connectivity index (χ3n) is 6.07. The van der Waals surface area contributed by atoms with Gasteiger partial charge < -0.3 is 24.6 Å². The zero-order chi connectivity index (χ0) is 32.3. The zero-order valence-electron chi connectivity index (χ0n) is 24.0. The molecule has 44 heavy (non-hydrogen) atoms. The van der Waals surface area contributed by atoms with Gasteiger partial charge in [-0.2, -0.15) is 0 Å². The van der Waals surface area contributed by atoms with Crippen molar-refractivity contribution in [3.63, 3.8) is 0 Å². The summed E-state index contributed by atoms with van der Waals surface area (Å²) in [6, 6.07) is 9.46. The van der Waals surface area contributed by atoms with Gasteiger partial charge in [-0.15, -0.1) is 0 Å². The van der Waals surface area contributed by atoms with E-state index in [-0.39, 0.29) is 36.2 Å². The Labute approximate surface area is 257 Å². The number of nitrogens with one attached hydrogen (secondary N) is 2. The van der Waals surface area contributed by atoms with Gasteiger partial charge in [-0.3, -0.25) is 18.9 Å². The van der Waals surface area contributed by atoms with Gasteiger partial charge in [-0.25, -0.2) is 22.9 Å². The highest BCUT2D eigenvalue weighted by atomic mass is 35.5. The molecule has 0 fully saturated rings. The first-order valence-corrected chi connectivity index (χ1v) is 15.0. The number of amides is 3. The van der Waals surface area contributed by atoms with Crippen molar-refractivity contribution < 1.29 is 50.9 Å². The molecular formula is C27H32ClF2N4O9P. The Balaban J connectivity index is 1.65. The van der Waals surface area contributed by atoms with Crippen molar-refractivity contribution in [2.45, 2.75) is 32.0 Å². The van der Waals surface area contributed by atoms with Gasteiger partial charge >= 0.3 is 19.9 Å². The highest BCUT2D eigenvalue weighted by Gasteiger charge is 2.29. The zero-order valence-corrected chi connectivity index (χ0v) is 25.6. The number of phosphoric acid groups is 1. The average Bonchev–Trinajstić information content (AvgIpc) is 3.47. The number of aliphatic hydroxyl groups excluding tert-OH is 1. The van der Waals surface area contributed by atoms with Crippen LogP contribution in [0.3, 0.4) is 0 Å². The van der Waals surface area contributed by atoms with Crippen molar-refractivity contribution in [2.75, 3.05) is 39.3 Å². The van der Waals surface area contributed by atoms with Gasteiger partial charge in [-0.1, -0.05) is 41.0 Å². The van der Waals surface area contributed by atoms with Crippen LogP contribution < -0.4 is 10.6 Å². The van der Waals surface area contributed by atoms with E-state index in [4.69, 9.17) is 34.4 Å². The fraction of sp³-hybridized carbons (Fsp3) is 0.370. The molecule has 0 saturated heterocycles. The molecule has 1 unspecified atom stereocenters. The van der Waals surface area contributed by atoms with E-state index in [2.05, 4.69) is 15.8 Å². The number of aliphatic hydroxyl groups is 1. The van der Waals surface area contributed by atoms with Crippen molar-refractivity contribution >= 4 is 37.4 Å². The highest BCUT2D eigenvalue weighted by Crippen LogP contribution is 2.48. The molecule has 1 aromatic heterocycles. The Kier molecular flexibility index (Phi) is 13.1. The average molecular weight is 661 g/mol. The molecule has 0 aliphatic carbocycles. The minimum Gasteiger partial charge on any atom is -0.447 e. The lowest BCUT2D eigenvalue weighted by Gasteiger charge is -2.30. The minimum absolute atomic E-state index is 0.0245. The van der Waals surface area contributed by atoms with E-state index in [0.29, 0.717) is 11.1 Å². The molecule has 3 aromatic rings. The lowest BCUT2D eigenvalue weighted by Crippen LogP contribution is -2.47. The minimum atomic E-state index is -3.92. The van der Waals surface area contributed by atoms with Crippen LogP contribution in [0.4, 0.5) is 24.2 Å². The van der Waals surface area contributed by atoms with Crippen molar-refractivity contribution in [1.29, 1.82) is 0 Å². The molecule has 3 amide bonds. The van der Waals surface area contributed by atoms with Crippen molar-refractivity contribution in [2.24, 2.45) is 0 Å². The molecule has 3 atom stereocenters. The first-order valence-electron chi connectivity index (χ1n) is 13.2. The number of phosphoric ester groups is 1. The van der Waals surface area contributed by atoms with Crippen LogP contribution in [0.2, 0.25) is 5.02 Å². The largest absolute Gasteiger partial charge is 0.474 e. The van der Waals surface area contributed by atoms with E-state index < -0.39 is 56.9 Å². The van der Waals surface area contributed by atoms with Crippen molar-refractivity contribution in [1.82, 2.24) is 15.4 Å².